The van der Waals surface area contributed by atoms with Crippen LogP contribution in [-0.4, -0.2) is 25.5 Å². The van der Waals surface area contributed by atoms with E-state index in [1.54, 1.807) is 48.3 Å². The summed E-state index contributed by atoms with van der Waals surface area (Å²) in [5.74, 6) is 0.793. The summed E-state index contributed by atoms with van der Waals surface area (Å²) in [6.45, 7) is 6.33. The first-order valence-electron chi connectivity index (χ1n) is 8.86. The number of halogens is 1. The predicted molar refractivity (Wildman–Crippen MR) is 113 cm³/mol. The van der Waals surface area contributed by atoms with E-state index in [9.17, 15) is 9.59 Å². The fraction of sp³-hybridized carbons (Fsp3) is 0.333. The number of carbonyl (C=O) groups is 2. The predicted octanol–water partition coefficient (Wildman–Crippen LogP) is 5.11. The quantitative estimate of drug-likeness (QED) is 0.660. The van der Waals surface area contributed by atoms with Gasteiger partial charge in [-0.25, -0.2) is 0 Å². The molecule has 0 aliphatic carbocycles. The maximum absolute atomic E-state index is 12.7. The van der Waals surface area contributed by atoms with Crippen LogP contribution < -0.4 is 15.0 Å². The molecule has 0 atom stereocenters. The number of benzene rings is 2. The number of amides is 2. The molecule has 0 aromatic heterocycles. The highest BCUT2D eigenvalue weighted by Crippen LogP contribution is 2.25. The Labute approximate surface area is 168 Å². The third kappa shape index (κ3) is 6.10. The van der Waals surface area contributed by atoms with Crippen LogP contribution in [0.2, 0.25) is 0 Å². The summed E-state index contributed by atoms with van der Waals surface area (Å²) in [5.41, 5.74) is 1.88. The molecule has 2 amide bonds. The van der Waals surface area contributed by atoms with E-state index in [0.717, 1.165) is 16.6 Å². The van der Waals surface area contributed by atoms with Crippen LogP contribution in [0, 0.1) is 5.92 Å². The Bertz CT molecular complexity index is 804. The van der Waals surface area contributed by atoms with Gasteiger partial charge in [0.15, 0.2) is 0 Å². The molecular formula is C21H25BrN2O3. The number of ether oxygens (including phenoxy) is 1. The molecule has 0 saturated heterocycles. The third-order valence-corrected chi connectivity index (χ3v) is 4.62. The molecule has 5 nitrogen and oxygen atoms in total. The normalized spacial score (nSPS) is 10.6. The van der Waals surface area contributed by atoms with E-state index in [1.165, 1.54) is 6.92 Å². The molecule has 27 heavy (non-hydrogen) atoms. The summed E-state index contributed by atoms with van der Waals surface area (Å²) in [4.78, 5) is 25.7. The van der Waals surface area contributed by atoms with E-state index in [0.29, 0.717) is 29.5 Å². The lowest BCUT2D eigenvalue weighted by atomic mass is 10.1. The van der Waals surface area contributed by atoms with Gasteiger partial charge in [0.05, 0.1) is 12.2 Å². The second kappa shape index (κ2) is 9.55. The monoisotopic (exact) mass is 432 g/mol. The second-order valence-corrected chi connectivity index (χ2v) is 7.67. The van der Waals surface area contributed by atoms with Crippen LogP contribution in [0.1, 0.15) is 37.6 Å². The van der Waals surface area contributed by atoms with Crippen LogP contribution in [0.4, 0.5) is 11.4 Å². The molecule has 0 bridgehead atoms. The zero-order valence-electron chi connectivity index (χ0n) is 16.1. The van der Waals surface area contributed by atoms with E-state index < -0.39 is 0 Å². The van der Waals surface area contributed by atoms with Gasteiger partial charge < -0.3 is 15.0 Å². The number of hydrogen-bond donors (Lipinski definition) is 1. The third-order valence-electron chi connectivity index (χ3n) is 4.12. The summed E-state index contributed by atoms with van der Waals surface area (Å²) >= 11 is 3.41. The average Bonchev–Trinajstić information content (AvgIpc) is 2.62. The Balaban J connectivity index is 2.13. The van der Waals surface area contributed by atoms with Crippen molar-refractivity contribution in [3.63, 3.8) is 0 Å². The topological polar surface area (TPSA) is 58.6 Å². The first-order chi connectivity index (χ1) is 12.8. The molecule has 0 aliphatic rings. The van der Waals surface area contributed by atoms with Crippen molar-refractivity contribution >= 4 is 39.1 Å². The molecule has 0 fully saturated rings. The Kier molecular flexibility index (Phi) is 7.42. The Hall–Kier alpha value is -2.34. The van der Waals surface area contributed by atoms with Crippen molar-refractivity contribution in [1.82, 2.24) is 0 Å². The Morgan fingerprint density at radius 1 is 1.15 bits per heavy atom. The Morgan fingerprint density at radius 3 is 2.41 bits per heavy atom. The first-order valence-corrected chi connectivity index (χ1v) is 9.65. The summed E-state index contributed by atoms with van der Waals surface area (Å²) in [6, 6.07) is 12.5. The van der Waals surface area contributed by atoms with Crippen molar-refractivity contribution in [3.8, 4) is 5.75 Å². The van der Waals surface area contributed by atoms with Gasteiger partial charge in [-0.1, -0.05) is 29.8 Å². The van der Waals surface area contributed by atoms with Crippen LogP contribution in [0.25, 0.3) is 0 Å². The van der Waals surface area contributed by atoms with Gasteiger partial charge in [-0.15, -0.1) is 0 Å². The lowest BCUT2D eigenvalue weighted by molar-refractivity contribution is -0.116. The van der Waals surface area contributed by atoms with Crippen LogP contribution >= 0.6 is 15.9 Å². The van der Waals surface area contributed by atoms with E-state index in [1.807, 2.05) is 6.07 Å². The Morgan fingerprint density at radius 2 is 1.81 bits per heavy atom. The highest BCUT2D eigenvalue weighted by atomic mass is 79.9. The molecule has 2 aromatic carbocycles. The SMILES string of the molecule is CC(=O)N(C)c1ccc(NC(=O)c2cc(Br)ccc2OCCC(C)C)cc1. The van der Waals surface area contributed by atoms with Gasteiger partial charge in [0.2, 0.25) is 5.91 Å². The number of hydrogen-bond acceptors (Lipinski definition) is 3. The lowest BCUT2D eigenvalue weighted by Crippen LogP contribution is -2.22. The standard InChI is InChI=1S/C21H25BrN2O3/c1-14(2)11-12-27-20-10-5-16(22)13-19(20)21(26)23-17-6-8-18(9-7-17)24(4)15(3)25/h5-10,13-14H,11-12H2,1-4H3,(H,23,26). The maximum Gasteiger partial charge on any atom is 0.259 e. The van der Waals surface area contributed by atoms with Gasteiger partial charge >= 0.3 is 0 Å². The van der Waals surface area contributed by atoms with Crippen molar-refractivity contribution in [1.29, 1.82) is 0 Å². The number of anilines is 2. The highest BCUT2D eigenvalue weighted by Gasteiger charge is 2.14. The van der Waals surface area contributed by atoms with Crippen molar-refractivity contribution < 1.29 is 14.3 Å². The van der Waals surface area contributed by atoms with Gasteiger partial charge in [-0.05, 0) is 54.8 Å². The smallest absolute Gasteiger partial charge is 0.259 e. The number of nitrogens with zero attached hydrogens (tertiary/aromatic N) is 1. The van der Waals surface area contributed by atoms with Gasteiger partial charge in [-0.3, -0.25) is 9.59 Å². The average molecular weight is 433 g/mol. The fourth-order valence-corrected chi connectivity index (χ4v) is 2.72. The van der Waals surface area contributed by atoms with Crippen LogP contribution in [-0.2, 0) is 4.79 Å². The zero-order chi connectivity index (χ0) is 20.0. The molecule has 0 radical (unpaired) electrons. The minimum Gasteiger partial charge on any atom is -0.493 e. The van der Waals surface area contributed by atoms with Gasteiger partial charge in [0.1, 0.15) is 5.75 Å². The molecule has 2 aromatic rings. The molecule has 0 unspecified atom stereocenters. The minimum atomic E-state index is -0.247. The number of rotatable bonds is 7. The molecule has 2 rings (SSSR count). The van der Waals surface area contributed by atoms with Crippen LogP contribution in [0.3, 0.4) is 0 Å². The molecule has 0 spiro atoms. The van der Waals surface area contributed by atoms with E-state index in [-0.39, 0.29) is 11.8 Å². The molecular weight excluding hydrogens is 408 g/mol. The number of nitrogens with one attached hydrogen (secondary N) is 1. The zero-order valence-corrected chi connectivity index (χ0v) is 17.7. The van der Waals surface area contributed by atoms with Crippen molar-refractivity contribution in [3.05, 3.63) is 52.5 Å². The van der Waals surface area contributed by atoms with Crippen LogP contribution in [0.15, 0.2) is 46.9 Å². The van der Waals surface area contributed by atoms with Crippen LogP contribution in [0.5, 0.6) is 5.75 Å². The molecule has 1 N–H and O–H groups in total. The molecule has 144 valence electrons. The van der Waals surface area contributed by atoms with E-state index in [2.05, 4.69) is 35.1 Å². The van der Waals surface area contributed by atoms with Crippen molar-refractivity contribution in [2.45, 2.75) is 27.2 Å². The van der Waals surface area contributed by atoms with Crippen molar-refractivity contribution in [2.24, 2.45) is 5.92 Å². The van der Waals surface area contributed by atoms with Crippen molar-refractivity contribution in [2.75, 3.05) is 23.9 Å². The van der Waals surface area contributed by atoms with E-state index >= 15 is 0 Å². The first kappa shape index (κ1) is 21.0. The largest absolute Gasteiger partial charge is 0.493 e. The fourth-order valence-electron chi connectivity index (χ4n) is 2.36. The lowest BCUT2D eigenvalue weighted by Gasteiger charge is -2.16. The molecule has 0 saturated carbocycles. The summed E-state index contributed by atoms with van der Waals surface area (Å²) in [6.07, 6.45) is 0.919. The number of carbonyl (C=O) groups excluding carboxylic acids is 2. The van der Waals surface area contributed by atoms with E-state index in [4.69, 9.17) is 4.74 Å². The summed E-state index contributed by atoms with van der Waals surface area (Å²) < 4.78 is 6.62. The summed E-state index contributed by atoms with van der Waals surface area (Å²) in [5, 5.41) is 2.88. The highest BCUT2D eigenvalue weighted by molar-refractivity contribution is 9.10. The summed E-state index contributed by atoms with van der Waals surface area (Å²) in [7, 11) is 1.71. The van der Waals surface area contributed by atoms with Gasteiger partial charge in [0.25, 0.3) is 5.91 Å². The molecule has 6 heteroatoms. The minimum absolute atomic E-state index is 0.0518. The second-order valence-electron chi connectivity index (χ2n) is 6.75. The maximum atomic E-state index is 12.7. The van der Waals surface area contributed by atoms with Gasteiger partial charge in [0, 0.05) is 29.8 Å². The van der Waals surface area contributed by atoms with Gasteiger partial charge in [-0.2, -0.15) is 0 Å². The molecule has 0 aliphatic heterocycles. The molecule has 0 heterocycles.